The van der Waals surface area contributed by atoms with Gasteiger partial charge in [-0.1, -0.05) is 293 Å². The van der Waals surface area contributed by atoms with Gasteiger partial charge in [0.25, 0.3) is 0 Å². The molecule has 0 radical (unpaired) electrons. The molecule has 0 N–H and O–H groups in total. The van der Waals surface area contributed by atoms with Crippen LogP contribution in [0.2, 0.25) is 0 Å². The van der Waals surface area contributed by atoms with Crippen LogP contribution in [0.15, 0.2) is 31.0 Å². The summed E-state index contributed by atoms with van der Waals surface area (Å²) in [5, 5.41) is 41.1. The summed E-state index contributed by atoms with van der Waals surface area (Å²) in [6.45, 7) is 50.5. The van der Waals surface area contributed by atoms with Gasteiger partial charge in [-0.25, -0.2) is 23.4 Å². The van der Waals surface area contributed by atoms with Gasteiger partial charge in [0.05, 0.1) is 59.5 Å². The van der Waals surface area contributed by atoms with Crippen LogP contribution < -0.4 is 0 Å². The molecule has 5 aromatic heterocycles. The Morgan fingerprint density at radius 2 is 0.394 bits per heavy atom. The van der Waals surface area contributed by atoms with Crippen molar-refractivity contribution in [3.8, 4) is 0 Å². The molecule has 544 valence electrons. The molecule has 0 aromatic carbocycles. The van der Waals surface area contributed by atoms with Crippen molar-refractivity contribution in [3.05, 3.63) is 59.5 Å². The zero-order valence-corrected chi connectivity index (χ0v) is 65.4. The third-order valence-electron chi connectivity index (χ3n) is 17.4. The second-order valence-corrected chi connectivity index (χ2v) is 32.1. The van der Waals surface area contributed by atoms with Crippen LogP contribution in [-0.4, -0.2) is 75.0 Å². The first-order valence-electron chi connectivity index (χ1n) is 39.3. The number of aromatic nitrogens is 15. The van der Waals surface area contributed by atoms with Gasteiger partial charge in [-0.05, 0) is 149 Å². The van der Waals surface area contributed by atoms with Crippen molar-refractivity contribution in [2.75, 3.05) is 0 Å². The molecule has 5 rings (SSSR count). The van der Waals surface area contributed by atoms with E-state index < -0.39 is 0 Å². The van der Waals surface area contributed by atoms with Crippen LogP contribution in [0.1, 0.15) is 353 Å². The second kappa shape index (κ2) is 56.7. The minimum absolute atomic E-state index is 0.636. The van der Waals surface area contributed by atoms with Gasteiger partial charge in [0.1, 0.15) is 0 Å². The van der Waals surface area contributed by atoms with Crippen molar-refractivity contribution in [3.63, 3.8) is 0 Å². The third kappa shape index (κ3) is 50.1. The molecule has 0 aliphatic rings. The molecule has 0 bridgehead atoms. The largest absolute Gasteiger partial charge is 0.249 e. The minimum Gasteiger partial charge on any atom is -0.249 e. The van der Waals surface area contributed by atoms with E-state index in [9.17, 15) is 0 Å². The van der Waals surface area contributed by atoms with Gasteiger partial charge in [-0.3, -0.25) is 0 Å². The van der Waals surface area contributed by atoms with Crippen molar-refractivity contribution in [1.29, 1.82) is 0 Å². The van der Waals surface area contributed by atoms with Crippen molar-refractivity contribution < 1.29 is 0 Å². The van der Waals surface area contributed by atoms with Gasteiger partial charge in [0.15, 0.2) is 0 Å². The van der Waals surface area contributed by atoms with Gasteiger partial charge in [0.2, 0.25) is 0 Å². The lowest BCUT2D eigenvalue weighted by atomic mass is 10.0. The fourth-order valence-corrected chi connectivity index (χ4v) is 11.4. The molecule has 0 atom stereocenters. The SMILES string of the molecule is CC(C)CCCCCCCc1cnnn1CCC(C)C.CC(C)CCCCCCCc1cnnn1CCC(C)C.CC(C)CCCCCCc1cnnn1CCCC(C)C.CC(C)CCCCCc1cnnn1CC(C)C.CC(C)CCCCCc1cnnn1CC(C)C. The zero-order chi connectivity index (χ0) is 69.7. The number of unbranched alkanes of at least 4 members (excludes halogenated alkanes) is 15. The van der Waals surface area contributed by atoms with E-state index in [1.807, 2.05) is 31.0 Å². The summed E-state index contributed by atoms with van der Waals surface area (Å²) in [5.41, 5.74) is 6.53. The predicted octanol–water partition coefficient (Wildman–Crippen LogP) is 22.0. The molecule has 0 saturated carbocycles. The Kier molecular flexibility index (Phi) is 52.9. The highest BCUT2D eigenvalue weighted by atomic mass is 15.4. The van der Waals surface area contributed by atoms with E-state index >= 15 is 0 Å². The Balaban J connectivity index is 0.000000589. The van der Waals surface area contributed by atoms with Gasteiger partial charge in [0, 0.05) is 32.7 Å². The highest BCUT2D eigenvalue weighted by Gasteiger charge is 2.11. The molecule has 94 heavy (non-hydrogen) atoms. The topological polar surface area (TPSA) is 154 Å². The summed E-state index contributed by atoms with van der Waals surface area (Å²) in [6.07, 6.45) is 53.8. The van der Waals surface area contributed by atoms with Crippen LogP contribution in [0.5, 0.6) is 0 Å². The highest BCUT2D eigenvalue weighted by Crippen LogP contribution is 2.18. The zero-order valence-electron chi connectivity index (χ0n) is 65.4. The molecule has 15 heteroatoms. The maximum Gasteiger partial charge on any atom is 0.0725 e. The molecule has 0 amide bonds. The number of hydrogen-bond donors (Lipinski definition) is 0. The number of aryl methyl sites for hydroxylation is 8. The van der Waals surface area contributed by atoms with Crippen molar-refractivity contribution in [2.24, 2.45) is 59.2 Å². The van der Waals surface area contributed by atoms with Gasteiger partial charge < -0.3 is 0 Å². The lowest BCUT2D eigenvalue weighted by Crippen LogP contribution is -2.09. The van der Waals surface area contributed by atoms with E-state index in [2.05, 4.69) is 213 Å². The normalized spacial score (nSPS) is 11.7. The van der Waals surface area contributed by atoms with Crippen LogP contribution in [-0.2, 0) is 64.8 Å². The first-order chi connectivity index (χ1) is 45.0. The molecule has 0 fully saturated rings. The van der Waals surface area contributed by atoms with E-state index in [1.165, 1.54) is 215 Å². The van der Waals surface area contributed by atoms with Crippen LogP contribution in [0.25, 0.3) is 0 Å². The maximum absolute atomic E-state index is 4.22. The van der Waals surface area contributed by atoms with Crippen LogP contribution >= 0.6 is 0 Å². The molecule has 5 aromatic rings. The standard InChI is InChI=1S/3C17H33N3.2C14H27N3/c1-15(2)10-7-5-6-8-12-17-14-18-19-20(17)13-9-11-16(3)4;2*1-15(2)10-8-6-5-7-9-11-17-14-18-19-20(17)13-12-16(3)4;2*1-12(2)8-6-5-7-9-14-10-15-16-17(14)11-13(3)4/h3*14-16H,5-13H2,1-4H3;2*10,12-13H,5-9,11H2,1-4H3. The summed E-state index contributed by atoms with van der Waals surface area (Å²) < 4.78 is 10.4. The fraction of sp³-hybridized carbons (Fsp3) is 0.873. The maximum atomic E-state index is 4.22. The molecular weight excluding hydrogens is 1160 g/mol. The van der Waals surface area contributed by atoms with Crippen LogP contribution in [0.3, 0.4) is 0 Å². The lowest BCUT2D eigenvalue weighted by molar-refractivity contribution is 0.453. The second-order valence-electron chi connectivity index (χ2n) is 32.1. The average molecular weight is 1310 g/mol. The van der Waals surface area contributed by atoms with Gasteiger partial charge in [-0.2, -0.15) is 0 Å². The molecule has 0 aliphatic heterocycles. The lowest BCUT2D eigenvalue weighted by Gasteiger charge is -2.08. The first kappa shape index (κ1) is 87.7. The summed E-state index contributed by atoms with van der Waals surface area (Å²) in [4.78, 5) is 0. The van der Waals surface area contributed by atoms with Crippen molar-refractivity contribution >= 4 is 0 Å². The van der Waals surface area contributed by atoms with E-state index in [1.54, 1.807) is 0 Å². The molecule has 0 saturated heterocycles. The van der Waals surface area contributed by atoms with Crippen LogP contribution in [0.4, 0.5) is 0 Å². The van der Waals surface area contributed by atoms with Gasteiger partial charge >= 0.3 is 0 Å². The number of nitrogens with zero attached hydrogens (tertiary/aromatic N) is 15. The van der Waals surface area contributed by atoms with Crippen LogP contribution in [0, 0.1) is 59.2 Å². The summed E-state index contributed by atoms with van der Waals surface area (Å²) in [5.74, 6) is 7.75. The first-order valence-corrected chi connectivity index (χ1v) is 39.3. The predicted molar refractivity (Wildman–Crippen MR) is 401 cm³/mol. The Morgan fingerprint density at radius 1 is 0.202 bits per heavy atom. The Bertz CT molecular complexity index is 2260. The van der Waals surface area contributed by atoms with Gasteiger partial charge in [-0.15, -0.1) is 25.5 Å². The van der Waals surface area contributed by atoms with E-state index in [0.29, 0.717) is 11.8 Å². The molecule has 0 unspecified atom stereocenters. The van der Waals surface area contributed by atoms with Crippen molar-refractivity contribution in [2.45, 2.75) is 390 Å². The number of hydrogen-bond acceptors (Lipinski definition) is 10. The quantitative estimate of drug-likeness (QED) is 0.0344. The van der Waals surface area contributed by atoms with E-state index in [4.69, 9.17) is 0 Å². The Morgan fingerprint density at radius 3 is 0.638 bits per heavy atom. The smallest absolute Gasteiger partial charge is 0.0725 e. The minimum atomic E-state index is 0.636. The van der Waals surface area contributed by atoms with E-state index in [-0.39, 0.29) is 0 Å². The fourth-order valence-electron chi connectivity index (χ4n) is 11.4. The summed E-state index contributed by atoms with van der Waals surface area (Å²) in [6, 6.07) is 0. The molecule has 15 nitrogen and oxygen atoms in total. The number of rotatable bonds is 49. The average Bonchev–Trinajstić information content (AvgIpc) is 2.19. The summed E-state index contributed by atoms with van der Waals surface area (Å²) in [7, 11) is 0. The molecule has 5 heterocycles. The molecule has 0 aliphatic carbocycles. The van der Waals surface area contributed by atoms with E-state index in [0.717, 1.165) is 112 Å². The molecular formula is C79H153N15. The highest BCUT2D eigenvalue weighted by molar-refractivity contribution is 4.97. The Labute approximate surface area is 580 Å². The molecule has 0 spiro atoms. The Hall–Kier alpha value is -4.30. The third-order valence-corrected chi connectivity index (χ3v) is 17.4. The monoisotopic (exact) mass is 1310 g/mol. The van der Waals surface area contributed by atoms with Crippen molar-refractivity contribution in [1.82, 2.24) is 75.0 Å². The summed E-state index contributed by atoms with van der Waals surface area (Å²) >= 11 is 0.